The lowest BCUT2D eigenvalue weighted by Gasteiger charge is -2.54. The molecule has 19 nitrogen and oxygen atoms in total. The number of carbonyl (C=O) groups excluding carboxylic acids is 4. The van der Waals surface area contributed by atoms with Crippen molar-refractivity contribution >= 4 is 41.1 Å². The Bertz CT molecular complexity index is 3120. The van der Waals surface area contributed by atoms with Gasteiger partial charge in [-0.2, -0.15) is 0 Å². The van der Waals surface area contributed by atoms with Gasteiger partial charge in [-0.1, -0.05) is 48.2 Å². The molecule has 1 spiro atoms. The molecule has 0 saturated carbocycles. The van der Waals surface area contributed by atoms with E-state index in [9.17, 15) is 24.3 Å². The molecule has 2 unspecified atom stereocenters. The summed E-state index contributed by atoms with van der Waals surface area (Å²) < 4.78 is 30.1. The third-order valence-electron chi connectivity index (χ3n) is 13.0. The minimum Gasteiger partial charge on any atom is -0.487 e. The second kappa shape index (κ2) is 20.3. The predicted molar refractivity (Wildman–Crippen MR) is 266 cm³/mol. The van der Waals surface area contributed by atoms with Crippen LogP contribution in [0.1, 0.15) is 52.7 Å². The highest BCUT2D eigenvalue weighted by Gasteiger charge is 2.48. The lowest BCUT2D eigenvalue weighted by Crippen LogP contribution is -2.60. The van der Waals surface area contributed by atoms with Crippen LogP contribution in [0.25, 0.3) is 0 Å². The number of benzene rings is 2. The Kier molecular flexibility index (Phi) is 13.3. The van der Waals surface area contributed by atoms with Gasteiger partial charge in [0.05, 0.1) is 11.7 Å². The Morgan fingerprint density at radius 2 is 1.33 bits per heavy atom. The first kappa shape index (κ1) is 48.0. The van der Waals surface area contributed by atoms with E-state index < -0.39 is 41.3 Å². The summed E-state index contributed by atoms with van der Waals surface area (Å²) in [4.78, 5) is 76.6. The monoisotopic (exact) mass is 985 g/mol. The maximum atomic E-state index is 13.7. The van der Waals surface area contributed by atoms with Crippen LogP contribution in [-0.2, 0) is 14.3 Å². The van der Waals surface area contributed by atoms with E-state index in [1.807, 2.05) is 42.5 Å². The fraction of sp³-hybridized carbons (Fsp3) is 0.296. The number of hydrogen-bond donors (Lipinski definition) is 3. The maximum Gasteiger partial charge on any atom is 0.270 e. The molecule has 4 aliphatic heterocycles. The molecule has 0 radical (unpaired) electrons. The number of hydrogen-bond acceptors (Lipinski definition) is 15. The quantitative estimate of drug-likeness (QED) is 0.140. The highest BCUT2D eigenvalue weighted by atomic mass is 16.5. The van der Waals surface area contributed by atoms with Crippen LogP contribution in [0.4, 0.5) is 17.5 Å². The zero-order valence-corrected chi connectivity index (χ0v) is 40.2. The molecular weight excluding hydrogens is 935 g/mol. The fourth-order valence-electron chi connectivity index (χ4n) is 9.27. The van der Waals surface area contributed by atoms with Gasteiger partial charge in [0, 0.05) is 76.4 Å². The molecule has 0 aliphatic carbocycles. The maximum absolute atomic E-state index is 13.7. The average Bonchev–Trinajstić information content (AvgIpc) is 3.58. The number of amides is 4. The average molecular weight is 986 g/mol. The van der Waals surface area contributed by atoms with E-state index >= 15 is 0 Å². The van der Waals surface area contributed by atoms with Crippen LogP contribution in [-0.4, -0.2) is 119 Å². The van der Waals surface area contributed by atoms with Crippen LogP contribution in [0, 0.1) is 17.3 Å². The van der Waals surface area contributed by atoms with Crippen molar-refractivity contribution in [1.82, 2.24) is 30.6 Å². The molecule has 19 heteroatoms. The lowest BCUT2D eigenvalue weighted by atomic mass is 9.70. The number of nitrogens with one attached hydrogen (secondary N) is 2. The van der Waals surface area contributed by atoms with Crippen molar-refractivity contribution < 1.29 is 48.0 Å². The normalized spacial score (nSPS) is 19.7. The number of ether oxygens (including phenoxy) is 5. The van der Waals surface area contributed by atoms with Crippen molar-refractivity contribution in [3.05, 3.63) is 139 Å². The second-order valence-electron chi connectivity index (χ2n) is 18.6. The highest BCUT2D eigenvalue weighted by molar-refractivity contribution is 6.03. The summed E-state index contributed by atoms with van der Waals surface area (Å²) in [5.74, 6) is 7.96. The van der Waals surface area contributed by atoms with Crippen molar-refractivity contribution in [1.29, 1.82) is 0 Å². The summed E-state index contributed by atoms with van der Waals surface area (Å²) in [5.41, 5.74) is -1.03. The van der Waals surface area contributed by atoms with Crippen molar-refractivity contribution in [2.75, 3.05) is 61.7 Å². The minimum atomic E-state index is -1.47. The molecule has 10 rings (SSSR count). The second-order valence-corrected chi connectivity index (χ2v) is 18.6. The molecule has 3 N–H and O–H groups in total. The number of carbonyl (C=O) groups is 4. The number of likely N-dealkylation sites (N-methyl/N-ethyl adjacent to an activating group) is 2. The first-order valence-electron chi connectivity index (χ1n) is 23.7. The molecule has 4 amide bonds. The molecule has 6 aromatic rings. The standard InChI is InChI=1S/C54H51N9O10/c1-53(68,20-16-34-17-22-57-48-46(34)71-31-43(52(67)62(48)3)59-50(65)41-27-38(19-24-56-41)73-36-12-8-5-9-13-36)28-39-29-54(21-25-69-39)32-63(33-54)45-15-14-44-47(60-45)61(2)51(66)42(30-70-44)58-49(64)40-26-37(18-23-55-40)72-35-10-6-4-7-11-35/h4-15,17-19,22-24,26-27,39,42-43,68H,21,25,28-33H2,1-3H3,(H,58,64)(H,59,65)/t39?,42-,43-,53?/m0/s1. The van der Waals surface area contributed by atoms with Crippen LogP contribution in [0.5, 0.6) is 34.5 Å². The molecule has 2 fully saturated rings. The van der Waals surface area contributed by atoms with E-state index in [0.717, 1.165) is 6.42 Å². The summed E-state index contributed by atoms with van der Waals surface area (Å²) in [6.07, 6.45) is 5.86. The Balaban J connectivity index is 0.738. The molecule has 73 heavy (non-hydrogen) atoms. The van der Waals surface area contributed by atoms with Gasteiger partial charge in [0.15, 0.2) is 23.1 Å². The van der Waals surface area contributed by atoms with Gasteiger partial charge < -0.3 is 44.3 Å². The predicted octanol–water partition coefficient (Wildman–Crippen LogP) is 5.34. The molecule has 4 atom stereocenters. The van der Waals surface area contributed by atoms with E-state index in [4.69, 9.17) is 28.7 Å². The van der Waals surface area contributed by atoms with Gasteiger partial charge in [0.1, 0.15) is 71.1 Å². The summed E-state index contributed by atoms with van der Waals surface area (Å²) in [5, 5.41) is 17.2. The van der Waals surface area contributed by atoms with Crippen LogP contribution in [0.3, 0.4) is 0 Å². The van der Waals surface area contributed by atoms with Crippen LogP contribution in [0.15, 0.2) is 122 Å². The Morgan fingerprint density at radius 1 is 0.753 bits per heavy atom. The number of rotatable bonds is 11. The summed E-state index contributed by atoms with van der Waals surface area (Å²) in [7, 11) is 3.14. The minimum absolute atomic E-state index is 0.0527. The van der Waals surface area contributed by atoms with Crippen LogP contribution in [0.2, 0.25) is 0 Å². The van der Waals surface area contributed by atoms with Gasteiger partial charge >= 0.3 is 0 Å². The number of aromatic nitrogens is 4. The Hall–Kier alpha value is -8.60. The number of para-hydroxylation sites is 2. The molecule has 8 heterocycles. The summed E-state index contributed by atoms with van der Waals surface area (Å²) >= 11 is 0. The smallest absolute Gasteiger partial charge is 0.270 e. The van der Waals surface area contributed by atoms with Crippen LogP contribution >= 0.6 is 0 Å². The van der Waals surface area contributed by atoms with Crippen molar-refractivity contribution in [3.63, 3.8) is 0 Å². The molecule has 0 bridgehead atoms. The number of nitrogens with zero attached hydrogens (tertiary/aromatic N) is 7. The first-order chi connectivity index (χ1) is 35.3. The van der Waals surface area contributed by atoms with Gasteiger partial charge in [-0.05, 0) is 74.4 Å². The molecule has 4 aliphatic rings. The van der Waals surface area contributed by atoms with Gasteiger partial charge in [0.2, 0.25) is 0 Å². The number of pyridine rings is 4. The van der Waals surface area contributed by atoms with Crippen molar-refractivity contribution in [3.8, 4) is 46.3 Å². The molecule has 4 aromatic heterocycles. The number of anilines is 3. The zero-order valence-electron chi connectivity index (χ0n) is 40.2. The highest BCUT2D eigenvalue weighted by Crippen LogP contribution is 2.46. The Labute approximate surface area is 420 Å². The topological polar surface area (TPSA) is 220 Å². The fourth-order valence-corrected chi connectivity index (χ4v) is 9.27. The van der Waals surface area contributed by atoms with E-state index in [-0.39, 0.29) is 54.1 Å². The van der Waals surface area contributed by atoms with Gasteiger partial charge in [-0.25, -0.2) is 9.97 Å². The van der Waals surface area contributed by atoms with Gasteiger partial charge in [0.25, 0.3) is 23.6 Å². The largest absolute Gasteiger partial charge is 0.487 e. The first-order valence-corrected chi connectivity index (χ1v) is 23.7. The summed E-state index contributed by atoms with van der Waals surface area (Å²) in [6, 6.07) is 27.7. The van der Waals surface area contributed by atoms with E-state index in [0.29, 0.717) is 72.1 Å². The van der Waals surface area contributed by atoms with Crippen molar-refractivity contribution in [2.45, 2.75) is 50.0 Å². The number of aliphatic hydroxyl groups is 1. The molecule has 372 valence electrons. The Morgan fingerprint density at radius 3 is 1.95 bits per heavy atom. The van der Waals surface area contributed by atoms with Gasteiger partial charge in [-0.3, -0.25) is 38.9 Å². The van der Waals surface area contributed by atoms with E-state index in [2.05, 4.69) is 42.3 Å². The summed E-state index contributed by atoms with van der Waals surface area (Å²) in [6.45, 7) is 3.20. The van der Waals surface area contributed by atoms with Crippen molar-refractivity contribution in [2.24, 2.45) is 5.41 Å². The van der Waals surface area contributed by atoms with Gasteiger partial charge in [-0.15, -0.1) is 0 Å². The SMILES string of the molecule is CN1C(=O)[C@@H](NC(=O)c2cc(Oc3ccccc3)ccn2)COc2ccc(N3CC4(CCOC(CC(C)(O)C#Cc5ccnc6c5OC[C@H](NC(=O)c5cc(Oc7ccccc7)ccn5)C(=O)N6C)C4)C3)nc21. The van der Waals surface area contributed by atoms with Crippen LogP contribution < -0.4 is 44.3 Å². The molecular formula is C54H51N9O10. The zero-order chi connectivity index (χ0) is 50.7. The molecule has 2 saturated heterocycles. The lowest BCUT2D eigenvalue weighted by molar-refractivity contribution is -0.121. The third kappa shape index (κ3) is 10.7. The van der Waals surface area contributed by atoms with E-state index in [1.54, 1.807) is 69.6 Å². The third-order valence-corrected chi connectivity index (χ3v) is 13.0. The molecule has 2 aromatic carbocycles. The number of fused-ring (bicyclic) bond motifs is 2. The van der Waals surface area contributed by atoms with E-state index in [1.165, 1.54) is 40.5 Å².